The summed E-state index contributed by atoms with van der Waals surface area (Å²) in [5, 5.41) is 8.72. The molecule has 2 heterocycles. The Morgan fingerprint density at radius 2 is 1.80 bits per heavy atom. The van der Waals surface area contributed by atoms with E-state index in [1.54, 1.807) is 0 Å². The molecule has 9 heteroatoms. The van der Waals surface area contributed by atoms with Gasteiger partial charge in [-0.3, -0.25) is 0 Å². The molecule has 0 bridgehead atoms. The molecule has 1 fully saturated rings. The van der Waals surface area contributed by atoms with Crippen LogP contribution in [0.15, 0.2) is 24.3 Å². The van der Waals surface area contributed by atoms with E-state index in [0.29, 0.717) is 31.9 Å². The molecule has 30 heavy (non-hydrogen) atoms. The van der Waals surface area contributed by atoms with Crippen molar-refractivity contribution in [1.29, 1.82) is 5.26 Å². The van der Waals surface area contributed by atoms with Crippen molar-refractivity contribution in [1.82, 2.24) is 4.67 Å². The minimum Gasteiger partial charge on any atom is -0.454 e. The third kappa shape index (κ3) is 7.47. The van der Waals surface area contributed by atoms with Gasteiger partial charge in [0.05, 0.1) is 25.2 Å². The van der Waals surface area contributed by atoms with E-state index < -0.39 is 8.53 Å². The molecule has 1 aromatic carbocycles. The zero-order chi connectivity index (χ0) is 22.1. The van der Waals surface area contributed by atoms with Gasteiger partial charge in [0.2, 0.25) is 6.79 Å². The van der Waals surface area contributed by atoms with Gasteiger partial charge in [0.15, 0.2) is 11.5 Å². The predicted octanol–water partition coefficient (Wildman–Crippen LogP) is 6.24. The Kier molecular flexibility index (Phi) is 10.6. The summed E-state index contributed by atoms with van der Waals surface area (Å²) < 4.78 is 24.9. The first-order valence-corrected chi connectivity index (χ1v) is 13.6. The maximum atomic E-state index is 8.72. The molecule has 6 nitrogen and oxygen atoms in total. The molecule has 0 radical (unpaired) electrons. The van der Waals surface area contributed by atoms with Crippen LogP contribution in [0.2, 0.25) is 0 Å². The Hall–Kier alpha value is -0.680. The number of ether oxygens (including phenoxy) is 2. The molecule has 0 N–H and O–H groups in total. The SMILES string of the molecule is CC(C)N(C(C)C)P(OCCC#N)OC1CSSC1(C)C.c1ccc2c(c1)OCO2. The van der Waals surface area contributed by atoms with E-state index >= 15 is 0 Å². The van der Waals surface area contributed by atoms with Crippen LogP contribution in [0.4, 0.5) is 0 Å². The van der Waals surface area contributed by atoms with Gasteiger partial charge in [-0.05, 0) is 53.7 Å². The first-order chi connectivity index (χ1) is 14.3. The van der Waals surface area contributed by atoms with E-state index in [2.05, 4.69) is 52.3 Å². The summed E-state index contributed by atoms with van der Waals surface area (Å²) in [5.74, 6) is 2.68. The summed E-state index contributed by atoms with van der Waals surface area (Å²) in [5.41, 5.74) is 0. The minimum absolute atomic E-state index is 0.101. The Bertz CT molecular complexity index is 669. The zero-order valence-corrected chi connectivity index (χ0v) is 21.2. The lowest BCUT2D eigenvalue weighted by molar-refractivity contribution is 0.129. The van der Waals surface area contributed by atoms with Gasteiger partial charge in [0, 0.05) is 22.6 Å². The van der Waals surface area contributed by atoms with E-state index in [1.165, 1.54) is 0 Å². The fourth-order valence-electron chi connectivity index (χ4n) is 2.91. The molecule has 2 unspecified atom stereocenters. The fourth-order valence-corrected chi connectivity index (χ4v) is 8.07. The lowest BCUT2D eigenvalue weighted by Crippen LogP contribution is -2.38. The van der Waals surface area contributed by atoms with E-state index in [-0.39, 0.29) is 10.9 Å². The number of benzene rings is 1. The number of fused-ring (bicyclic) bond motifs is 1. The first-order valence-electron chi connectivity index (χ1n) is 10.2. The van der Waals surface area contributed by atoms with Gasteiger partial charge >= 0.3 is 0 Å². The van der Waals surface area contributed by atoms with Crippen molar-refractivity contribution in [3.8, 4) is 17.6 Å². The van der Waals surface area contributed by atoms with Gasteiger partial charge in [-0.2, -0.15) is 5.26 Å². The largest absolute Gasteiger partial charge is 0.454 e. The van der Waals surface area contributed by atoms with Crippen molar-refractivity contribution < 1.29 is 18.5 Å². The third-order valence-electron chi connectivity index (χ3n) is 4.43. The lowest BCUT2D eigenvalue weighted by atomic mass is 10.1. The van der Waals surface area contributed by atoms with Gasteiger partial charge in [0.25, 0.3) is 8.53 Å². The summed E-state index contributed by atoms with van der Waals surface area (Å²) in [7, 11) is 2.62. The van der Waals surface area contributed by atoms with E-state index in [0.717, 1.165) is 17.3 Å². The van der Waals surface area contributed by atoms with Crippen LogP contribution >= 0.6 is 30.1 Å². The summed E-state index contributed by atoms with van der Waals surface area (Å²) in [6.45, 7) is 13.9. The smallest absolute Gasteiger partial charge is 0.259 e. The molecule has 3 rings (SSSR count). The highest BCUT2D eigenvalue weighted by atomic mass is 33.1. The first kappa shape index (κ1) is 25.6. The van der Waals surface area contributed by atoms with Crippen LogP contribution < -0.4 is 9.47 Å². The second-order valence-corrected chi connectivity index (χ2v) is 12.4. The standard InChI is InChI=1S/C14H27N2O2PS2.C7H6O2/c1-11(2)16(12(3)4)19(17-9-7-8-15)18-13-10-20-21-14(13,5)6;1-2-4-7-6(3-1)8-5-9-7/h11-13H,7,9-10H2,1-6H3;1-4H,5H2. The molecule has 0 saturated carbocycles. The molecule has 0 spiro atoms. The van der Waals surface area contributed by atoms with Crippen molar-refractivity contribution >= 4 is 30.1 Å². The van der Waals surface area contributed by atoms with E-state index in [1.807, 2.05) is 45.9 Å². The fraction of sp³-hybridized carbons (Fsp3) is 0.667. The monoisotopic (exact) mass is 472 g/mol. The van der Waals surface area contributed by atoms with Crippen LogP contribution in [0.1, 0.15) is 48.0 Å². The maximum absolute atomic E-state index is 8.72. The van der Waals surface area contributed by atoms with Crippen LogP contribution in [-0.4, -0.2) is 46.8 Å². The zero-order valence-electron chi connectivity index (χ0n) is 18.7. The Morgan fingerprint density at radius 3 is 2.27 bits per heavy atom. The molecule has 0 aromatic heterocycles. The second-order valence-electron chi connectivity index (χ2n) is 7.97. The van der Waals surface area contributed by atoms with Crippen LogP contribution in [-0.2, 0) is 9.05 Å². The minimum atomic E-state index is -1.13. The Balaban J connectivity index is 0.000000290. The number of hydrogen-bond acceptors (Lipinski definition) is 8. The molecule has 168 valence electrons. The summed E-state index contributed by atoms with van der Waals surface area (Å²) >= 11 is 0. The molecule has 0 aliphatic carbocycles. The highest BCUT2D eigenvalue weighted by Crippen LogP contribution is 2.55. The van der Waals surface area contributed by atoms with Crippen molar-refractivity contribution in [2.45, 2.75) is 70.9 Å². The van der Waals surface area contributed by atoms with Crippen molar-refractivity contribution in [2.75, 3.05) is 19.2 Å². The quantitative estimate of drug-likeness (QED) is 0.250. The topological polar surface area (TPSA) is 64.0 Å². The van der Waals surface area contributed by atoms with Gasteiger partial charge < -0.3 is 18.5 Å². The van der Waals surface area contributed by atoms with Gasteiger partial charge in [0.1, 0.15) is 0 Å². The van der Waals surface area contributed by atoms with Crippen LogP contribution in [0, 0.1) is 11.3 Å². The average Bonchev–Trinajstić information content (AvgIpc) is 3.28. The van der Waals surface area contributed by atoms with Gasteiger partial charge in [-0.15, -0.1) is 0 Å². The number of nitriles is 1. The van der Waals surface area contributed by atoms with E-state index in [4.69, 9.17) is 23.8 Å². The molecular formula is C21H33N2O4PS2. The summed E-state index contributed by atoms with van der Waals surface area (Å²) in [4.78, 5) is 0. The van der Waals surface area contributed by atoms with Crippen LogP contribution in [0.25, 0.3) is 0 Å². The molecule has 1 aromatic rings. The van der Waals surface area contributed by atoms with Gasteiger partial charge in [-0.1, -0.05) is 33.7 Å². The molecular weight excluding hydrogens is 439 g/mol. The van der Waals surface area contributed by atoms with Gasteiger partial charge in [-0.25, -0.2) is 4.67 Å². The second kappa shape index (κ2) is 12.4. The summed E-state index contributed by atoms with van der Waals surface area (Å²) in [6, 6.07) is 10.5. The predicted molar refractivity (Wildman–Crippen MR) is 127 cm³/mol. The van der Waals surface area contributed by atoms with Crippen LogP contribution in [0.3, 0.4) is 0 Å². The number of para-hydroxylation sites is 2. The summed E-state index contributed by atoms with van der Waals surface area (Å²) in [6.07, 6.45) is 0.588. The van der Waals surface area contributed by atoms with Crippen molar-refractivity contribution in [2.24, 2.45) is 0 Å². The van der Waals surface area contributed by atoms with Crippen molar-refractivity contribution in [3.05, 3.63) is 24.3 Å². The molecule has 0 amide bonds. The highest BCUT2D eigenvalue weighted by molar-refractivity contribution is 8.77. The Labute approximate surface area is 190 Å². The molecule has 1 saturated heterocycles. The number of hydrogen-bond donors (Lipinski definition) is 0. The normalized spacial score (nSPS) is 20.2. The molecule has 2 atom stereocenters. The van der Waals surface area contributed by atoms with E-state index in [9.17, 15) is 0 Å². The van der Waals surface area contributed by atoms with Crippen LogP contribution in [0.5, 0.6) is 11.5 Å². The number of rotatable bonds is 8. The molecule has 2 aliphatic heterocycles. The average molecular weight is 473 g/mol. The highest BCUT2D eigenvalue weighted by Gasteiger charge is 2.41. The number of nitrogens with zero attached hydrogens (tertiary/aromatic N) is 2. The van der Waals surface area contributed by atoms with Crippen molar-refractivity contribution in [3.63, 3.8) is 0 Å². The third-order valence-corrected chi connectivity index (χ3v) is 9.87. The molecule has 2 aliphatic rings. The Morgan fingerprint density at radius 1 is 1.20 bits per heavy atom. The maximum Gasteiger partial charge on any atom is 0.259 e. The lowest BCUT2D eigenvalue weighted by Gasteiger charge is -2.38.